The lowest BCUT2D eigenvalue weighted by Crippen LogP contribution is -2.06. The van der Waals surface area contributed by atoms with Crippen molar-refractivity contribution in [2.24, 2.45) is 0 Å². The predicted octanol–water partition coefficient (Wildman–Crippen LogP) is 6.34. The van der Waals surface area contributed by atoms with Crippen LogP contribution in [0.2, 0.25) is 0 Å². The van der Waals surface area contributed by atoms with Crippen molar-refractivity contribution in [1.29, 1.82) is 0 Å². The SMILES string of the molecule is CCCCCCCC/C=C\CCCCCCCCOC(=O)CCCO. The molecule has 0 aromatic carbocycles. The quantitative estimate of drug-likeness (QED) is 0.167. The highest BCUT2D eigenvalue weighted by Crippen LogP contribution is 2.10. The summed E-state index contributed by atoms with van der Waals surface area (Å²) in [6, 6.07) is 0. The minimum absolute atomic E-state index is 0.0589. The second-order valence-corrected chi connectivity index (χ2v) is 6.99. The second-order valence-electron chi connectivity index (χ2n) is 6.99. The summed E-state index contributed by atoms with van der Waals surface area (Å²) in [5.41, 5.74) is 0. The number of ether oxygens (including phenoxy) is 1. The average molecular weight is 355 g/mol. The number of esters is 1. The minimum atomic E-state index is -0.179. The maximum absolute atomic E-state index is 11.2. The minimum Gasteiger partial charge on any atom is -0.466 e. The summed E-state index contributed by atoms with van der Waals surface area (Å²) in [5.74, 6) is -0.179. The van der Waals surface area contributed by atoms with Gasteiger partial charge in [-0.25, -0.2) is 0 Å². The van der Waals surface area contributed by atoms with E-state index < -0.39 is 0 Å². The third-order valence-corrected chi connectivity index (χ3v) is 4.46. The van der Waals surface area contributed by atoms with E-state index >= 15 is 0 Å². The fourth-order valence-electron chi connectivity index (χ4n) is 2.83. The molecule has 3 nitrogen and oxygen atoms in total. The molecule has 0 fully saturated rings. The van der Waals surface area contributed by atoms with Gasteiger partial charge in [-0.2, -0.15) is 0 Å². The van der Waals surface area contributed by atoms with Crippen molar-refractivity contribution in [3.05, 3.63) is 12.2 Å². The Hall–Kier alpha value is -0.830. The molecule has 0 unspecified atom stereocenters. The number of carbonyl (C=O) groups excluding carboxylic acids is 1. The summed E-state index contributed by atoms with van der Waals surface area (Å²) >= 11 is 0. The van der Waals surface area contributed by atoms with Crippen LogP contribution >= 0.6 is 0 Å². The van der Waals surface area contributed by atoms with Crippen molar-refractivity contribution in [2.45, 2.75) is 110 Å². The van der Waals surface area contributed by atoms with Crippen LogP contribution in [0.5, 0.6) is 0 Å². The molecule has 25 heavy (non-hydrogen) atoms. The van der Waals surface area contributed by atoms with Gasteiger partial charge < -0.3 is 9.84 Å². The van der Waals surface area contributed by atoms with Gasteiger partial charge in [0, 0.05) is 13.0 Å². The molecule has 0 heterocycles. The molecule has 0 aliphatic heterocycles. The zero-order valence-electron chi connectivity index (χ0n) is 16.6. The van der Waals surface area contributed by atoms with Crippen LogP contribution in [-0.4, -0.2) is 24.3 Å². The molecule has 0 aromatic heterocycles. The van der Waals surface area contributed by atoms with E-state index in [1.807, 2.05) is 0 Å². The van der Waals surface area contributed by atoms with E-state index in [0.29, 0.717) is 19.4 Å². The second kappa shape index (κ2) is 21.2. The molecule has 0 saturated heterocycles. The Balaban J connectivity index is 3.13. The Bertz CT molecular complexity index is 300. The molecule has 0 aromatic rings. The fraction of sp³-hybridized carbons (Fsp3) is 0.864. The van der Waals surface area contributed by atoms with Crippen LogP contribution in [0.1, 0.15) is 110 Å². The van der Waals surface area contributed by atoms with E-state index in [0.717, 1.165) is 12.8 Å². The van der Waals surface area contributed by atoms with Crippen LogP contribution in [0.4, 0.5) is 0 Å². The van der Waals surface area contributed by atoms with Crippen LogP contribution in [0.15, 0.2) is 12.2 Å². The number of allylic oxidation sites excluding steroid dienone is 2. The summed E-state index contributed by atoms with van der Waals surface area (Å²) in [6.07, 6.45) is 23.5. The highest BCUT2D eigenvalue weighted by Gasteiger charge is 2.01. The standard InChI is InChI=1S/C22H42O3/c1-2-3-4-5-6-7-8-9-10-11-12-13-14-15-16-17-21-25-22(24)19-18-20-23/h9-10,23H,2-8,11-21H2,1H3/b10-9-. The summed E-state index contributed by atoms with van der Waals surface area (Å²) < 4.78 is 5.10. The van der Waals surface area contributed by atoms with Crippen molar-refractivity contribution in [3.63, 3.8) is 0 Å². The Morgan fingerprint density at radius 1 is 0.760 bits per heavy atom. The number of rotatable bonds is 19. The number of unbranched alkanes of at least 4 members (excludes halogenated alkanes) is 12. The van der Waals surface area contributed by atoms with Crippen LogP contribution < -0.4 is 0 Å². The van der Waals surface area contributed by atoms with Gasteiger partial charge in [0.1, 0.15) is 0 Å². The molecule has 3 heteroatoms. The average Bonchev–Trinajstić information content (AvgIpc) is 2.62. The van der Waals surface area contributed by atoms with Gasteiger partial charge in [0.2, 0.25) is 0 Å². The van der Waals surface area contributed by atoms with Crippen LogP contribution in [-0.2, 0) is 9.53 Å². The highest BCUT2D eigenvalue weighted by molar-refractivity contribution is 5.69. The van der Waals surface area contributed by atoms with Gasteiger partial charge in [-0.3, -0.25) is 4.79 Å². The molecule has 0 bridgehead atoms. The molecule has 0 saturated carbocycles. The maximum Gasteiger partial charge on any atom is 0.305 e. The Morgan fingerprint density at radius 3 is 1.84 bits per heavy atom. The maximum atomic E-state index is 11.2. The molecule has 0 atom stereocenters. The van der Waals surface area contributed by atoms with E-state index in [-0.39, 0.29) is 12.6 Å². The summed E-state index contributed by atoms with van der Waals surface area (Å²) in [7, 11) is 0. The van der Waals surface area contributed by atoms with E-state index in [1.54, 1.807) is 0 Å². The van der Waals surface area contributed by atoms with Gasteiger partial charge in [0.05, 0.1) is 6.61 Å². The normalized spacial score (nSPS) is 11.3. The lowest BCUT2D eigenvalue weighted by Gasteiger charge is -2.04. The number of aliphatic hydroxyl groups is 1. The Labute approximate surface area is 156 Å². The molecule has 0 spiro atoms. The molecule has 0 radical (unpaired) electrons. The molecular weight excluding hydrogens is 312 g/mol. The van der Waals surface area contributed by atoms with Crippen LogP contribution in [0, 0.1) is 0 Å². The largest absolute Gasteiger partial charge is 0.466 e. The lowest BCUT2D eigenvalue weighted by molar-refractivity contribution is -0.144. The van der Waals surface area contributed by atoms with Crippen molar-refractivity contribution >= 4 is 5.97 Å². The van der Waals surface area contributed by atoms with Gasteiger partial charge in [0.15, 0.2) is 0 Å². The van der Waals surface area contributed by atoms with E-state index in [9.17, 15) is 4.79 Å². The lowest BCUT2D eigenvalue weighted by atomic mass is 10.1. The highest BCUT2D eigenvalue weighted by atomic mass is 16.5. The number of carbonyl (C=O) groups is 1. The zero-order valence-corrected chi connectivity index (χ0v) is 16.6. The van der Waals surface area contributed by atoms with E-state index in [4.69, 9.17) is 9.84 Å². The van der Waals surface area contributed by atoms with Gasteiger partial charge in [0.25, 0.3) is 0 Å². The van der Waals surface area contributed by atoms with Gasteiger partial charge in [-0.15, -0.1) is 0 Å². The smallest absolute Gasteiger partial charge is 0.305 e. The molecule has 0 amide bonds. The molecule has 148 valence electrons. The molecular formula is C22H42O3. The topological polar surface area (TPSA) is 46.5 Å². The first-order valence-corrected chi connectivity index (χ1v) is 10.7. The molecule has 0 aliphatic rings. The Morgan fingerprint density at radius 2 is 1.28 bits per heavy atom. The van der Waals surface area contributed by atoms with Crippen molar-refractivity contribution in [3.8, 4) is 0 Å². The van der Waals surface area contributed by atoms with E-state index in [2.05, 4.69) is 19.1 Å². The summed E-state index contributed by atoms with van der Waals surface area (Å²) in [6.45, 7) is 2.86. The monoisotopic (exact) mass is 354 g/mol. The number of aliphatic hydroxyl groups excluding tert-OH is 1. The number of hydrogen-bond donors (Lipinski definition) is 1. The van der Waals surface area contributed by atoms with E-state index in [1.165, 1.54) is 77.0 Å². The third-order valence-electron chi connectivity index (χ3n) is 4.46. The Kier molecular flexibility index (Phi) is 20.5. The molecule has 1 N–H and O–H groups in total. The van der Waals surface area contributed by atoms with Crippen molar-refractivity contribution in [2.75, 3.05) is 13.2 Å². The van der Waals surface area contributed by atoms with Crippen LogP contribution in [0.25, 0.3) is 0 Å². The van der Waals surface area contributed by atoms with Gasteiger partial charge in [-0.05, 0) is 38.5 Å². The van der Waals surface area contributed by atoms with Crippen molar-refractivity contribution in [1.82, 2.24) is 0 Å². The summed E-state index contributed by atoms with van der Waals surface area (Å²) in [5, 5.41) is 8.62. The van der Waals surface area contributed by atoms with Crippen LogP contribution in [0.3, 0.4) is 0 Å². The molecule has 0 rings (SSSR count). The first-order chi connectivity index (χ1) is 12.3. The van der Waals surface area contributed by atoms with Crippen molar-refractivity contribution < 1.29 is 14.6 Å². The first-order valence-electron chi connectivity index (χ1n) is 10.7. The molecule has 0 aliphatic carbocycles. The van der Waals surface area contributed by atoms with Gasteiger partial charge >= 0.3 is 5.97 Å². The predicted molar refractivity (Wildman–Crippen MR) is 107 cm³/mol. The summed E-state index contributed by atoms with van der Waals surface area (Å²) in [4.78, 5) is 11.2. The zero-order chi connectivity index (χ0) is 18.4. The third kappa shape index (κ3) is 21.1. The number of hydrogen-bond acceptors (Lipinski definition) is 3. The fourth-order valence-corrected chi connectivity index (χ4v) is 2.83. The van der Waals surface area contributed by atoms with Gasteiger partial charge in [-0.1, -0.05) is 76.9 Å². The first kappa shape index (κ1) is 24.2.